The molecule has 0 bridgehead atoms. The lowest BCUT2D eigenvalue weighted by molar-refractivity contribution is 0.351. The van der Waals surface area contributed by atoms with E-state index in [0.29, 0.717) is 11.5 Å². The van der Waals surface area contributed by atoms with Crippen molar-refractivity contribution in [1.29, 1.82) is 5.26 Å². The van der Waals surface area contributed by atoms with Crippen LogP contribution >= 0.6 is 0 Å². The van der Waals surface area contributed by atoms with Crippen LogP contribution in [-0.2, 0) is 0 Å². The summed E-state index contributed by atoms with van der Waals surface area (Å²) in [6.45, 7) is 0. The molecule has 0 aliphatic heterocycles. The van der Waals surface area contributed by atoms with Crippen LogP contribution in [-0.4, -0.2) is 0 Å². The molecular weight excluding hydrogens is 232 g/mol. The van der Waals surface area contributed by atoms with E-state index in [1.165, 1.54) is 5.56 Å². The number of allylic oxidation sites excluding steroid dienone is 1. The quantitative estimate of drug-likeness (QED) is 0.748. The van der Waals surface area contributed by atoms with Gasteiger partial charge in [0.15, 0.2) is 0 Å². The summed E-state index contributed by atoms with van der Waals surface area (Å²) in [4.78, 5) is 0. The van der Waals surface area contributed by atoms with Crippen LogP contribution in [0.15, 0.2) is 36.4 Å². The van der Waals surface area contributed by atoms with E-state index in [1.807, 2.05) is 24.3 Å². The minimum absolute atomic E-state index is 0.0321. The molecule has 0 saturated heterocycles. The van der Waals surface area contributed by atoms with Gasteiger partial charge in [0.05, 0.1) is 11.6 Å². The Balaban J connectivity index is 1.97. The van der Waals surface area contributed by atoms with E-state index in [9.17, 15) is 8.78 Å². The Morgan fingerprint density at radius 2 is 1.72 bits per heavy atom. The highest BCUT2D eigenvalue weighted by atomic mass is 19.3. The molecule has 1 saturated carbocycles. The summed E-state index contributed by atoms with van der Waals surface area (Å²) in [6, 6.07) is 9.70. The molecule has 94 valence electrons. The predicted octanol–water partition coefficient (Wildman–Crippen LogP) is 4.61. The first-order chi connectivity index (χ1) is 8.69. The second-order valence-corrected chi connectivity index (χ2v) is 4.80. The van der Waals surface area contributed by atoms with Gasteiger partial charge in [-0.05, 0) is 61.3 Å². The standard InChI is InChI=1S/C15H15F2N/c16-15(17)9-11-1-5-13(6-2-11)14-7-3-12(10-18)4-8-14/h3-4,7-9,11,13H,1-2,5-6H2. The van der Waals surface area contributed by atoms with Crippen molar-refractivity contribution in [2.75, 3.05) is 0 Å². The number of rotatable bonds is 2. The van der Waals surface area contributed by atoms with Gasteiger partial charge in [0.2, 0.25) is 0 Å². The number of nitrogens with zero attached hydrogens (tertiary/aromatic N) is 1. The van der Waals surface area contributed by atoms with Gasteiger partial charge in [0.1, 0.15) is 0 Å². The van der Waals surface area contributed by atoms with Gasteiger partial charge in [0.25, 0.3) is 6.08 Å². The van der Waals surface area contributed by atoms with Gasteiger partial charge >= 0.3 is 0 Å². The Kier molecular flexibility index (Phi) is 4.09. The number of benzene rings is 1. The maximum atomic E-state index is 12.2. The summed E-state index contributed by atoms with van der Waals surface area (Å²) in [7, 11) is 0. The van der Waals surface area contributed by atoms with Crippen molar-refractivity contribution in [1.82, 2.24) is 0 Å². The summed E-state index contributed by atoms with van der Waals surface area (Å²) in [5, 5.41) is 8.73. The lowest BCUT2D eigenvalue weighted by Gasteiger charge is -2.26. The predicted molar refractivity (Wildman–Crippen MR) is 66.2 cm³/mol. The lowest BCUT2D eigenvalue weighted by Crippen LogP contribution is -2.11. The molecule has 0 spiro atoms. The van der Waals surface area contributed by atoms with Crippen LogP contribution in [0.4, 0.5) is 8.78 Å². The Morgan fingerprint density at radius 1 is 1.11 bits per heavy atom. The van der Waals surface area contributed by atoms with Gasteiger partial charge < -0.3 is 0 Å². The molecule has 3 heteroatoms. The third-order valence-electron chi connectivity index (χ3n) is 3.64. The van der Waals surface area contributed by atoms with Crippen molar-refractivity contribution in [3.8, 4) is 6.07 Å². The molecular formula is C15H15F2N. The number of hydrogen-bond donors (Lipinski definition) is 0. The molecule has 18 heavy (non-hydrogen) atoms. The Hall–Kier alpha value is -1.69. The number of nitriles is 1. The Morgan fingerprint density at radius 3 is 2.22 bits per heavy atom. The molecule has 0 radical (unpaired) electrons. The average molecular weight is 247 g/mol. The van der Waals surface area contributed by atoms with Crippen molar-refractivity contribution in [2.24, 2.45) is 5.92 Å². The molecule has 0 unspecified atom stereocenters. The van der Waals surface area contributed by atoms with Crippen molar-refractivity contribution in [3.05, 3.63) is 47.5 Å². The highest BCUT2D eigenvalue weighted by Gasteiger charge is 2.21. The SMILES string of the molecule is N#Cc1ccc(C2CCC(C=C(F)F)CC2)cc1. The maximum Gasteiger partial charge on any atom is 0.266 e. The van der Waals surface area contributed by atoms with Gasteiger partial charge in [-0.3, -0.25) is 0 Å². The zero-order chi connectivity index (χ0) is 13.0. The molecule has 0 atom stereocenters. The zero-order valence-electron chi connectivity index (χ0n) is 10.1. The minimum atomic E-state index is -1.56. The van der Waals surface area contributed by atoms with Crippen molar-refractivity contribution < 1.29 is 8.78 Å². The van der Waals surface area contributed by atoms with Gasteiger partial charge in [-0.25, -0.2) is 0 Å². The van der Waals surface area contributed by atoms with Crippen molar-refractivity contribution in [2.45, 2.75) is 31.6 Å². The zero-order valence-corrected chi connectivity index (χ0v) is 10.1. The first-order valence-corrected chi connectivity index (χ1v) is 6.22. The minimum Gasteiger partial charge on any atom is -0.192 e. The summed E-state index contributed by atoms with van der Waals surface area (Å²) >= 11 is 0. The maximum absolute atomic E-state index is 12.2. The fourth-order valence-corrected chi connectivity index (χ4v) is 2.63. The summed E-state index contributed by atoms with van der Waals surface area (Å²) < 4.78 is 24.3. The smallest absolute Gasteiger partial charge is 0.192 e. The van der Waals surface area contributed by atoms with Crippen LogP contribution < -0.4 is 0 Å². The van der Waals surface area contributed by atoms with E-state index < -0.39 is 6.08 Å². The van der Waals surface area contributed by atoms with Crippen LogP contribution in [0.1, 0.15) is 42.7 Å². The second-order valence-electron chi connectivity index (χ2n) is 4.80. The largest absolute Gasteiger partial charge is 0.266 e. The van der Waals surface area contributed by atoms with E-state index in [4.69, 9.17) is 5.26 Å². The number of hydrogen-bond acceptors (Lipinski definition) is 1. The number of halogens is 2. The first-order valence-electron chi connectivity index (χ1n) is 6.22. The van der Waals surface area contributed by atoms with Crippen molar-refractivity contribution in [3.63, 3.8) is 0 Å². The fraction of sp³-hybridized carbons (Fsp3) is 0.400. The van der Waals surface area contributed by atoms with Crippen LogP contribution in [0.5, 0.6) is 0 Å². The molecule has 1 fully saturated rings. The van der Waals surface area contributed by atoms with Crippen LogP contribution in [0.2, 0.25) is 0 Å². The molecule has 1 aromatic rings. The van der Waals surface area contributed by atoms with E-state index in [-0.39, 0.29) is 5.92 Å². The highest BCUT2D eigenvalue weighted by Crippen LogP contribution is 2.36. The topological polar surface area (TPSA) is 23.8 Å². The summed E-state index contributed by atoms with van der Waals surface area (Å²) in [5.74, 6) is 0.481. The van der Waals surface area contributed by atoms with E-state index in [1.54, 1.807) is 0 Å². The third kappa shape index (κ3) is 3.16. The van der Waals surface area contributed by atoms with Gasteiger partial charge in [-0.1, -0.05) is 12.1 Å². The molecule has 1 aromatic carbocycles. The van der Waals surface area contributed by atoms with Gasteiger partial charge in [0, 0.05) is 0 Å². The molecule has 1 nitrogen and oxygen atoms in total. The first kappa shape index (κ1) is 12.8. The molecule has 0 amide bonds. The summed E-state index contributed by atoms with van der Waals surface area (Å²) in [5.41, 5.74) is 1.88. The normalized spacial score (nSPS) is 23.2. The highest BCUT2D eigenvalue weighted by molar-refractivity contribution is 5.33. The fourth-order valence-electron chi connectivity index (χ4n) is 2.63. The molecule has 0 heterocycles. The second kappa shape index (κ2) is 5.77. The molecule has 2 rings (SSSR count). The molecule has 0 aromatic heterocycles. The Bertz CT molecular complexity index is 458. The van der Waals surface area contributed by atoms with Crippen LogP contribution in [0.25, 0.3) is 0 Å². The van der Waals surface area contributed by atoms with Crippen molar-refractivity contribution >= 4 is 0 Å². The third-order valence-corrected chi connectivity index (χ3v) is 3.64. The van der Waals surface area contributed by atoms with E-state index in [0.717, 1.165) is 31.8 Å². The van der Waals surface area contributed by atoms with Crippen LogP contribution in [0.3, 0.4) is 0 Å². The average Bonchev–Trinajstić information content (AvgIpc) is 2.39. The van der Waals surface area contributed by atoms with Crippen LogP contribution in [0, 0.1) is 17.2 Å². The lowest BCUT2D eigenvalue weighted by atomic mass is 9.78. The molecule has 0 N–H and O–H groups in total. The molecule has 1 aliphatic rings. The monoisotopic (exact) mass is 247 g/mol. The van der Waals surface area contributed by atoms with E-state index >= 15 is 0 Å². The van der Waals surface area contributed by atoms with E-state index in [2.05, 4.69) is 6.07 Å². The van der Waals surface area contributed by atoms with Gasteiger partial charge in [-0.2, -0.15) is 14.0 Å². The summed E-state index contributed by atoms with van der Waals surface area (Å²) in [6.07, 6.45) is 3.07. The molecule has 1 aliphatic carbocycles. The van der Waals surface area contributed by atoms with Gasteiger partial charge in [-0.15, -0.1) is 0 Å². The Labute approximate surface area is 106 Å².